The van der Waals surface area contributed by atoms with Gasteiger partial charge in [-0.05, 0) is 58.7 Å². The molecule has 0 spiro atoms. The molecule has 112 valence electrons. The Morgan fingerprint density at radius 2 is 2.23 bits per heavy atom. The molecule has 1 aromatic carbocycles. The number of hydrogen-bond donors (Lipinski definition) is 1. The van der Waals surface area contributed by atoms with Crippen LogP contribution in [0.3, 0.4) is 0 Å². The molecule has 0 unspecified atom stereocenters. The van der Waals surface area contributed by atoms with Crippen molar-refractivity contribution in [3.63, 3.8) is 0 Å². The summed E-state index contributed by atoms with van der Waals surface area (Å²) in [7, 11) is 0. The SMILES string of the molecule is Cc1ccc(NC(=O)Cn2cnc3ccsc3c2=O)cc1I. The maximum atomic E-state index is 12.2. The van der Waals surface area contributed by atoms with Gasteiger partial charge in [0.05, 0.1) is 11.8 Å². The molecule has 0 atom stereocenters. The highest BCUT2D eigenvalue weighted by Crippen LogP contribution is 2.17. The molecular formula is C15H12IN3O2S. The Bertz CT molecular complexity index is 917. The van der Waals surface area contributed by atoms with E-state index >= 15 is 0 Å². The lowest BCUT2D eigenvalue weighted by molar-refractivity contribution is -0.116. The molecule has 7 heteroatoms. The van der Waals surface area contributed by atoms with Crippen LogP contribution >= 0.6 is 33.9 Å². The number of hydrogen-bond acceptors (Lipinski definition) is 4. The lowest BCUT2D eigenvalue weighted by Crippen LogP contribution is -2.27. The van der Waals surface area contributed by atoms with E-state index in [9.17, 15) is 9.59 Å². The highest BCUT2D eigenvalue weighted by Gasteiger charge is 2.09. The van der Waals surface area contributed by atoms with Crippen LogP contribution in [0.1, 0.15) is 5.56 Å². The first-order valence-corrected chi connectivity index (χ1v) is 8.49. The third kappa shape index (κ3) is 3.05. The molecule has 0 radical (unpaired) electrons. The Hall–Kier alpha value is -1.74. The van der Waals surface area contributed by atoms with Gasteiger partial charge in [0.15, 0.2) is 0 Å². The van der Waals surface area contributed by atoms with E-state index in [1.165, 1.54) is 22.2 Å². The average Bonchev–Trinajstić information content (AvgIpc) is 2.95. The fraction of sp³-hybridized carbons (Fsp3) is 0.133. The second kappa shape index (κ2) is 6.17. The number of nitrogens with one attached hydrogen (secondary N) is 1. The van der Waals surface area contributed by atoms with Crippen molar-refractivity contribution >= 4 is 55.7 Å². The van der Waals surface area contributed by atoms with Gasteiger partial charge in [-0.1, -0.05) is 6.07 Å². The lowest BCUT2D eigenvalue weighted by atomic mass is 10.2. The van der Waals surface area contributed by atoms with Crippen molar-refractivity contribution in [1.29, 1.82) is 0 Å². The molecule has 0 saturated heterocycles. The standard InChI is InChI=1S/C15H12IN3O2S/c1-9-2-3-10(6-11(9)16)18-13(20)7-19-8-17-12-4-5-22-14(12)15(19)21/h2-6,8H,7H2,1H3,(H,18,20). The lowest BCUT2D eigenvalue weighted by Gasteiger charge is -2.08. The Morgan fingerprint density at radius 3 is 3.00 bits per heavy atom. The van der Waals surface area contributed by atoms with Gasteiger partial charge in [0.1, 0.15) is 11.2 Å². The third-order valence-electron chi connectivity index (χ3n) is 3.21. The zero-order chi connectivity index (χ0) is 15.7. The van der Waals surface area contributed by atoms with E-state index in [4.69, 9.17) is 0 Å². The highest BCUT2D eigenvalue weighted by molar-refractivity contribution is 14.1. The number of nitrogens with zero attached hydrogens (tertiary/aromatic N) is 2. The summed E-state index contributed by atoms with van der Waals surface area (Å²) in [6, 6.07) is 7.49. The quantitative estimate of drug-likeness (QED) is 0.657. The number of aromatic nitrogens is 2. The van der Waals surface area contributed by atoms with Crippen LogP contribution in [-0.4, -0.2) is 15.5 Å². The predicted molar refractivity (Wildman–Crippen MR) is 96.4 cm³/mol. The van der Waals surface area contributed by atoms with Crippen LogP contribution in [0.2, 0.25) is 0 Å². The second-order valence-electron chi connectivity index (χ2n) is 4.82. The first-order chi connectivity index (χ1) is 10.5. The number of benzene rings is 1. The maximum absolute atomic E-state index is 12.2. The molecule has 2 heterocycles. The Kier molecular flexibility index (Phi) is 4.25. The van der Waals surface area contributed by atoms with Crippen molar-refractivity contribution in [3.05, 3.63) is 55.5 Å². The van der Waals surface area contributed by atoms with Gasteiger partial charge in [-0.25, -0.2) is 4.98 Å². The van der Waals surface area contributed by atoms with Crippen LogP contribution in [0.4, 0.5) is 5.69 Å². The van der Waals surface area contributed by atoms with Crippen molar-refractivity contribution in [2.45, 2.75) is 13.5 Å². The molecule has 0 bridgehead atoms. The molecule has 0 aliphatic carbocycles. The van der Waals surface area contributed by atoms with Gasteiger partial charge >= 0.3 is 0 Å². The topological polar surface area (TPSA) is 64.0 Å². The number of amides is 1. The number of rotatable bonds is 3. The van der Waals surface area contributed by atoms with E-state index in [-0.39, 0.29) is 18.0 Å². The summed E-state index contributed by atoms with van der Waals surface area (Å²) in [5, 5.41) is 4.62. The zero-order valence-electron chi connectivity index (χ0n) is 11.7. The molecule has 0 saturated carbocycles. The second-order valence-corrected chi connectivity index (χ2v) is 6.90. The molecule has 0 fully saturated rings. The van der Waals surface area contributed by atoms with Gasteiger partial charge in [0, 0.05) is 9.26 Å². The zero-order valence-corrected chi connectivity index (χ0v) is 14.6. The largest absolute Gasteiger partial charge is 0.324 e. The van der Waals surface area contributed by atoms with Crippen LogP contribution in [-0.2, 0) is 11.3 Å². The first kappa shape index (κ1) is 15.2. The van der Waals surface area contributed by atoms with Gasteiger partial charge in [-0.15, -0.1) is 11.3 Å². The van der Waals surface area contributed by atoms with E-state index in [1.807, 2.05) is 30.5 Å². The highest BCUT2D eigenvalue weighted by atomic mass is 127. The first-order valence-electron chi connectivity index (χ1n) is 6.53. The molecule has 0 aliphatic rings. The van der Waals surface area contributed by atoms with Crippen molar-refractivity contribution in [1.82, 2.24) is 9.55 Å². The Morgan fingerprint density at radius 1 is 1.41 bits per heavy atom. The van der Waals surface area contributed by atoms with Crippen molar-refractivity contribution < 1.29 is 4.79 Å². The number of fused-ring (bicyclic) bond motifs is 1. The number of halogens is 1. The van der Waals surface area contributed by atoms with Crippen LogP contribution in [0.15, 0.2) is 40.8 Å². The third-order valence-corrected chi connectivity index (χ3v) is 5.26. The molecule has 5 nitrogen and oxygen atoms in total. The van der Waals surface area contributed by atoms with Crippen LogP contribution in [0.5, 0.6) is 0 Å². The Balaban J connectivity index is 1.79. The minimum Gasteiger partial charge on any atom is -0.324 e. The van der Waals surface area contributed by atoms with Crippen molar-refractivity contribution in [3.8, 4) is 0 Å². The van der Waals surface area contributed by atoms with Crippen LogP contribution in [0.25, 0.3) is 10.2 Å². The average molecular weight is 425 g/mol. The van der Waals surface area contributed by atoms with Crippen LogP contribution in [0, 0.1) is 10.5 Å². The van der Waals surface area contributed by atoms with Crippen molar-refractivity contribution in [2.75, 3.05) is 5.32 Å². The van der Waals surface area contributed by atoms with Gasteiger partial charge in [0.25, 0.3) is 5.56 Å². The number of anilines is 1. The number of carbonyl (C=O) groups excluding carboxylic acids is 1. The summed E-state index contributed by atoms with van der Waals surface area (Å²) in [5.74, 6) is -0.251. The van der Waals surface area contributed by atoms with Gasteiger partial charge in [-0.3, -0.25) is 14.2 Å². The van der Waals surface area contributed by atoms with E-state index in [0.29, 0.717) is 10.2 Å². The fourth-order valence-corrected chi connectivity index (χ4v) is 3.33. The maximum Gasteiger partial charge on any atom is 0.271 e. The normalized spacial score (nSPS) is 10.8. The monoisotopic (exact) mass is 425 g/mol. The number of thiophene rings is 1. The van der Waals surface area contributed by atoms with Gasteiger partial charge in [0.2, 0.25) is 5.91 Å². The van der Waals surface area contributed by atoms with E-state index in [0.717, 1.165) is 14.8 Å². The minimum absolute atomic E-state index is 0.0515. The summed E-state index contributed by atoms with van der Waals surface area (Å²) < 4.78 is 2.97. The molecule has 1 N–H and O–H groups in total. The molecular weight excluding hydrogens is 413 g/mol. The summed E-state index contributed by atoms with van der Waals surface area (Å²) in [6.07, 6.45) is 1.41. The molecule has 1 amide bonds. The fourth-order valence-electron chi connectivity index (χ4n) is 2.02. The van der Waals surface area contributed by atoms with Crippen LogP contribution < -0.4 is 10.9 Å². The summed E-state index contributed by atoms with van der Waals surface area (Å²) in [5.41, 5.74) is 2.36. The summed E-state index contributed by atoms with van der Waals surface area (Å²) >= 11 is 3.55. The van der Waals surface area contributed by atoms with Gasteiger partial charge in [-0.2, -0.15) is 0 Å². The van der Waals surface area contributed by atoms with E-state index in [1.54, 1.807) is 6.07 Å². The summed E-state index contributed by atoms with van der Waals surface area (Å²) in [6.45, 7) is 1.96. The Labute approximate surface area is 144 Å². The predicted octanol–water partition coefficient (Wildman–Crippen LogP) is 3.01. The molecule has 0 aliphatic heterocycles. The number of carbonyl (C=O) groups is 1. The smallest absolute Gasteiger partial charge is 0.271 e. The molecule has 2 aromatic heterocycles. The number of aryl methyl sites for hydroxylation is 1. The summed E-state index contributed by atoms with van der Waals surface area (Å²) in [4.78, 5) is 28.5. The molecule has 22 heavy (non-hydrogen) atoms. The van der Waals surface area contributed by atoms with Gasteiger partial charge < -0.3 is 5.32 Å². The minimum atomic E-state index is -0.251. The van der Waals surface area contributed by atoms with E-state index in [2.05, 4.69) is 32.9 Å². The van der Waals surface area contributed by atoms with Crippen molar-refractivity contribution in [2.24, 2.45) is 0 Å². The van der Waals surface area contributed by atoms with E-state index < -0.39 is 0 Å². The molecule has 3 aromatic rings. The molecule has 3 rings (SSSR count).